The van der Waals surface area contributed by atoms with E-state index < -0.39 is 29.0 Å². The van der Waals surface area contributed by atoms with Gasteiger partial charge in [-0.3, -0.25) is 9.36 Å². The Bertz CT molecular complexity index is 1710. The highest BCUT2D eigenvalue weighted by Crippen LogP contribution is 2.48. The Morgan fingerprint density at radius 1 is 1.20 bits per heavy atom. The molecule has 0 radical (unpaired) electrons. The number of ether oxygens (including phenoxy) is 1. The van der Waals surface area contributed by atoms with Crippen LogP contribution in [0.3, 0.4) is 0 Å². The fourth-order valence-corrected chi connectivity index (χ4v) is 7.19. The molecule has 3 aliphatic rings. The van der Waals surface area contributed by atoms with Crippen LogP contribution in [0.15, 0.2) is 41.7 Å². The smallest absolute Gasteiger partial charge is 0.350 e. The Balaban J connectivity index is 1.54. The normalized spacial score (nSPS) is 23.5. The van der Waals surface area contributed by atoms with Crippen LogP contribution in [-0.2, 0) is 4.79 Å². The average molecular weight is 628 g/mol. The lowest BCUT2D eigenvalue weighted by Crippen LogP contribution is -2.58. The summed E-state index contributed by atoms with van der Waals surface area (Å²) in [6.07, 6.45) is 2.66. The van der Waals surface area contributed by atoms with Crippen LogP contribution >= 0.6 is 11.6 Å². The van der Waals surface area contributed by atoms with E-state index in [-0.39, 0.29) is 52.9 Å². The molecule has 0 spiro atoms. The maximum absolute atomic E-state index is 15.2. The van der Waals surface area contributed by atoms with Crippen LogP contribution in [0.5, 0.6) is 5.75 Å². The first kappa shape index (κ1) is 30.5. The number of nitrogens with zero attached hydrogens (tertiary/aromatic N) is 5. The number of aliphatic hydroxyl groups is 1. The highest BCUT2D eigenvalue weighted by atomic mass is 35.5. The molecule has 3 aromatic rings. The summed E-state index contributed by atoms with van der Waals surface area (Å²) in [7, 11) is 2.01. The van der Waals surface area contributed by atoms with Gasteiger partial charge in [0.25, 0.3) is 0 Å². The van der Waals surface area contributed by atoms with Crippen LogP contribution < -0.4 is 15.3 Å². The molecule has 1 amide bonds. The Labute approximate surface area is 259 Å². The standard InChI is InChI=1S/C32H36ClF2N5O4/c1-5-26(41)38-15-19(3)39(16-18(38)2)30-23-13-24(33)27(22-7-6-20(34)12-25(22)35)29-28(23)40(31(42)36-30)21(17-44-29)14-32(43)8-10-37(4)11-9-32/h5-7,12-13,18-19,21,43H,1,8-11,14-17H2,2-4H3/t18-,19+,21-/m1/s1. The van der Waals surface area contributed by atoms with E-state index in [2.05, 4.69) is 16.5 Å². The maximum Gasteiger partial charge on any atom is 0.350 e. The number of carbonyl (C=O) groups is 1. The predicted octanol–water partition coefficient (Wildman–Crippen LogP) is 4.39. The second kappa shape index (κ2) is 11.4. The molecular weight excluding hydrogens is 592 g/mol. The van der Waals surface area contributed by atoms with E-state index in [9.17, 15) is 19.1 Å². The van der Waals surface area contributed by atoms with Crippen molar-refractivity contribution < 1.29 is 23.4 Å². The van der Waals surface area contributed by atoms with Gasteiger partial charge in [0.2, 0.25) is 5.91 Å². The number of benzene rings is 2. The van der Waals surface area contributed by atoms with Gasteiger partial charge in [-0.1, -0.05) is 18.2 Å². The van der Waals surface area contributed by atoms with Crippen molar-refractivity contribution >= 4 is 34.2 Å². The largest absolute Gasteiger partial charge is 0.488 e. The van der Waals surface area contributed by atoms with Gasteiger partial charge in [-0.15, -0.1) is 0 Å². The van der Waals surface area contributed by atoms with Gasteiger partial charge in [-0.2, -0.15) is 4.98 Å². The molecule has 0 unspecified atom stereocenters. The topological polar surface area (TPSA) is 91.1 Å². The van der Waals surface area contributed by atoms with Crippen molar-refractivity contribution in [2.75, 3.05) is 44.7 Å². The summed E-state index contributed by atoms with van der Waals surface area (Å²) in [4.78, 5) is 36.9. The van der Waals surface area contributed by atoms with Crippen LogP contribution in [0.1, 0.15) is 39.2 Å². The van der Waals surface area contributed by atoms with Crippen LogP contribution in [0.25, 0.3) is 22.0 Å². The molecule has 0 bridgehead atoms. The number of rotatable bonds is 5. The van der Waals surface area contributed by atoms with Crippen LogP contribution in [0.2, 0.25) is 5.02 Å². The van der Waals surface area contributed by atoms with E-state index >= 15 is 4.39 Å². The molecule has 1 aromatic heterocycles. The van der Waals surface area contributed by atoms with Crippen molar-refractivity contribution in [3.05, 3.63) is 64.1 Å². The molecule has 4 heterocycles. The third kappa shape index (κ3) is 5.24. The van der Waals surface area contributed by atoms with Crippen molar-refractivity contribution in [2.24, 2.45) is 0 Å². The first-order valence-corrected chi connectivity index (χ1v) is 15.3. The van der Waals surface area contributed by atoms with Crippen molar-refractivity contribution in [1.29, 1.82) is 0 Å². The average Bonchev–Trinajstić information content (AvgIpc) is 2.98. The fourth-order valence-electron chi connectivity index (χ4n) is 6.90. The number of carbonyl (C=O) groups excluding carboxylic acids is 1. The molecule has 2 saturated heterocycles. The van der Waals surface area contributed by atoms with Gasteiger partial charge in [0, 0.05) is 67.3 Å². The number of amides is 1. The van der Waals surface area contributed by atoms with Crippen molar-refractivity contribution in [1.82, 2.24) is 19.4 Å². The Morgan fingerprint density at radius 2 is 1.93 bits per heavy atom. The second-order valence-electron chi connectivity index (χ2n) is 12.4. The quantitative estimate of drug-likeness (QED) is 0.420. The number of piperidine rings is 1. The Hall–Kier alpha value is -3.54. The van der Waals surface area contributed by atoms with E-state index in [1.165, 1.54) is 12.1 Å². The van der Waals surface area contributed by atoms with Crippen molar-refractivity contribution in [2.45, 2.75) is 56.8 Å². The second-order valence-corrected chi connectivity index (χ2v) is 12.8. The molecule has 0 saturated carbocycles. The summed E-state index contributed by atoms with van der Waals surface area (Å²) in [5.74, 6) is -1.15. The molecule has 44 heavy (non-hydrogen) atoms. The molecule has 3 atom stereocenters. The number of anilines is 1. The van der Waals surface area contributed by atoms with E-state index in [1.54, 1.807) is 15.5 Å². The van der Waals surface area contributed by atoms with Gasteiger partial charge in [-0.25, -0.2) is 13.6 Å². The summed E-state index contributed by atoms with van der Waals surface area (Å²) in [5.41, 5.74) is -0.896. The minimum absolute atomic E-state index is 0.0348. The monoisotopic (exact) mass is 627 g/mol. The van der Waals surface area contributed by atoms with Crippen LogP contribution in [0.4, 0.5) is 14.6 Å². The van der Waals surface area contributed by atoms with Crippen LogP contribution in [-0.4, -0.2) is 87.9 Å². The summed E-state index contributed by atoms with van der Waals surface area (Å²) in [5, 5.41) is 12.2. The van der Waals surface area contributed by atoms with Crippen molar-refractivity contribution in [3.8, 4) is 16.9 Å². The summed E-state index contributed by atoms with van der Waals surface area (Å²) in [6, 6.07) is 3.91. The van der Waals surface area contributed by atoms with Gasteiger partial charge in [0.15, 0.2) is 5.75 Å². The molecule has 3 aliphatic heterocycles. The number of halogens is 3. The lowest BCUT2D eigenvalue weighted by atomic mass is 9.85. The minimum atomic E-state index is -1.00. The molecule has 6 rings (SSSR count). The lowest BCUT2D eigenvalue weighted by Gasteiger charge is -2.45. The van der Waals surface area contributed by atoms with Gasteiger partial charge >= 0.3 is 5.69 Å². The first-order valence-electron chi connectivity index (χ1n) is 14.9. The van der Waals surface area contributed by atoms with Crippen molar-refractivity contribution in [3.63, 3.8) is 0 Å². The van der Waals surface area contributed by atoms with E-state index in [1.807, 2.05) is 25.8 Å². The molecule has 9 nitrogen and oxygen atoms in total. The summed E-state index contributed by atoms with van der Waals surface area (Å²) in [6.45, 7) is 9.74. The predicted molar refractivity (Wildman–Crippen MR) is 165 cm³/mol. The van der Waals surface area contributed by atoms with E-state index in [4.69, 9.17) is 16.3 Å². The molecule has 0 aliphatic carbocycles. The number of piperazine rings is 1. The number of hydrogen-bond acceptors (Lipinski definition) is 7. The zero-order valence-electron chi connectivity index (χ0n) is 25.0. The van der Waals surface area contributed by atoms with E-state index in [0.717, 1.165) is 25.2 Å². The third-order valence-electron chi connectivity index (χ3n) is 9.33. The first-order chi connectivity index (χ1) is 20.9. The van der Waals surface area contributed by atoms with E-state index in [0.29, 0.717) is 42.7 Å². The lowest BCUT2D eigenvalue weighted by molar-refractivity contribution is -0.128. The zero-order valence-corrected chi connectivity index (χ0v) is 25.8. The number of aromatic nitrogens is 2. The minimum Gasteiger partial charge on any atom is -0.488 e. The third-order valence-corrected chi connectivity index (χ3v) is 9.63. The molecule has 2 fully saturated rings. The van der Waals surface area contributed by atoms with Gasteiger partial charge in [-0.05, 0) is 58.0 Å². The maximum atomic E-state index is 15.2. The molecule has 2 aromatic carbocycles. The number of hydrogen-bond donors (Lipinski definition) is 1. The highest BCUT2D eigenvalue weighted by Gasteiger charge is 2.40. The number of likely N-dealkylation sites (tertiary alicyclic amines) is 1. The Morgan fingerprint density at radius 3 is 2.61 bits per heavy atom. The summed E-state index contributed by atoms with van der Waals surface area (Å²) < 4.78 is 36.9. The van der Waals surface area contributed by atoms with Gasteiger partial charge < -0.3 is 24.5 Å². The Kier molecular flexibility index (Phi) is 7.92. The SMILES string of the molecule is C=CC(=O)N1C[C@H](C)N(c2nc(=O)n3c4c(c(-c5ccc(F)cc5F)c(Cl)cc24)OC[C@H]3CC2(O)CCN(C)CC2)C[C@H]1C. The molecule has 12 heteroatoms. The van der Waals surface area contributed by atoms with Crippen LogP contribution in [0, 0.1) is 11.6 Å². The molecular formula is C32H36ClF2N5O4. The fraction of sp³-hybridized carbons (Fsp3) is 0.469. The summed E-state index contributed by atoms with van der Waals surface area (Å²) >= 11 is 6.85. The highest BCUT2D eigenvalue weighted by molar-refractivity contribution is 6.35. The molecule has 1 N–H and O–H groups in total. The van der Waals surface area contributed by atoms with Gasteiger partial charge in [0.05, 0.1) is 22.2 Å². The molecule has 234 valence electrons. The van der Waals surface area contributed by atoms with Gasteiger partial charge in [0.1, 0.15) is 24.1 Å². The zero-order chi connectivity index (χ0) is 31.5.